The lowest BCUT2D eigenvalue weighted by Gasteiger charge is -2.61. The zero-order valence-corrected chi connectivity index (χ0v) is 17.5. The predicted molar refractivity (Wildman–Crippen MR) is 108 cm³/mol. The van der Waals surface area contributed by atoms with Crippen LogP contribution < -0.4 is 11.1 Å². The number of carbonyl (C=O) groups excluding carboxylic acids is 1. The number of hydrogen-bond donors (Lipinski definition) is 3. The van der Waals surface area contributed by atoms with E-state index in [2.05, 4.69) is 19.2 Å². The highest BCUT2D eigenvalue weighted by Gasteiger charge is 2.60. The molecule has 27 heavy (non-hydrogen) atoms. The van der Waals surface area contributed by atoms with Gasteiger partial charge in [-0.25, -0.2) is 0 Å². The number of rotatable bonds is 3. The summed E-state index contributed by atoms with van der Waals surface area (Å²) in [5.74, 6) is 3.74. The van der Waals surface area contributed by atoms with Gasteiger partial charge in [0.2, 0.25) is 5.91 Å². The van der Waals surface area contributed by atoms with Crippen LogP contribution in [0.5, 0.6) is 0 Å². The zero-order chi connectivity index (χ0) is 19.4. The smallest absolute Gasteiger partial charge is 0.233 e. The molecular weight excluding hydrogens is 336 g/mol. The first-order valence-electron chi connectivity index (χ1n) is 11.5. The molecule has 0 saturated heterocycles. The van der Waals surface area contributed by atoms with Crippen molar-refractivity contribution in [3.8, 4) is 0 Å². The highest BCUT2D eigenvalue weighted by molar-refractivity contribution is 5.78. The minimum atomic E-state index is -0.162. The van der Waals surface area contributed by atoms with E-state index in [0.717, 1.165) is 36.5 Å². The standard InChI is InChI=1S/C23H40N2O2/c1-14(26)18-6-7-19-17-5-4-15-12-16(25-21(27)13-24)8-10-22(15,2)20(17)9-11-23(18,19)3/h14-20,26H,4-13,24H2,1-3H3,(H,25,27)/t14?,15-,16?,17-,18+,19-,20-,22-,23+/m0/s1. The van der Waals surface area contributed by atoms with Crippen LogP contribution in [0.25, 0.3) is 0 Å². The summed E-state index contributed by atoms with van der Waals surface area (Å²) in [5, 5.41) is 13.5. The van der Waals surface area contributed by atoms with Crippen LogP contribution in [-0.4, -0.2) is 29.7 Å². The third kappa shape index (κ3) is 3.06. The molecule has 4 rings (SSSR count). The summed E-state index contributed by atoms with van der Waals surface area (Å²) in [6.45, 7) is 7.18. The van der Waals surface area contributed by atoms with E-state index in [4.69, 9.17) is 5.73 Å². The van der Waals surface area contributed by atoms with Crippen molar-refractivity contribution < 1.29 is 9.90 Å². The monoisotopic (exact) mass is 376 g/mol. The van der Waals surface area contributed by atoms with Crippen molar-refractivity contribution in [3.63, 3.8) is 0 Å². The lowest BCUT2D eigenvalue weighted by atomic mass is 9.44. The van der Waals surface area contributed by atoms with Crippen LogP contribution in [0.3, 0.4) is 0 Å². The molecule has 9 atom stereocenters. The molecule has 4 N–H and O–H groups in total. The molecule has 0 heterocycles. The van der Waals surface area contributed by atoms with E-state index < -0.39 is 0 Å². The number of aliphatic hydroxyl groups excluding tert-OH is 1. The summed E-state index contributed by atoms with van der Waals surface area (Å²) in [6, 6.07) is 0.329. The Balaban J connectivity index is 1.50. The molecule has 4 nitrogen and oxygen atoms in total. The molecule has 0 bridgehead atoms. The maximum Gasteiger partial charge on any atom is 0.233 e. The fourth-order valence-electron chi connectivity index (χ4n) is 8.51. The fraction of sp³-hybridized carbons (Fsp3) is 0.957. The SMILES string of the molecule is CC(O)[C@H]1CC[C@H]2[C@@H]3CC[C@H]4CC(NC(=O)CN)CC[C@]4(C)[C@H]3CC[C@]12C. The Morgan fingerprint density at radius 3 is 2.48 bits per heavy atom. The van der Waals surface area contributed by atoms with Crippen molar-refractivity contribution in [1.82, 2.24) is 5.32 Å². The highest BCUT2D eigenvalue weighted by atomic mass is 16.3. The number of amides is 1. The summed E-state index contributed by atoms with van der Waals surface area (Å²) in [6.07, 6.45) is 11.2. The van der Waals surface area contributed by atoms with Gasteiger partial charge in [0.15, 0.2) is 0 Å². The van der Waals surface area contributed by atoms with Crippen LogP contribution in [0.2, 0.25) is 0 Å². The van der Waals surface area contributed by atoms with Gasteiger partial charge in [-0.1, -0.05) is 13.8 Å². The van der Waals surface area contributed by atoms with E-state index in [1.54, 1.807) is 0 Å². The van der Waals surface area contributed by atoms with Crippen LogP contribution in [0.15, 0.2) is 0 Å². The van der Waals surface area contributed by atoms with Gasteiger partial charge in [-0.3, -0.25) is 4.79 Å². The Labute approximate surface area is 165 Å². The van der Waals surface area contributed by atoms with E-state index in [1.807, 2.05) is 6.92 Å². The first-order valence-corrected chi connectivity index (χ1v) is 11.5. The van der Waals surface area contributed by atoms with Crippen molar-refractivity contribution in [2.24, 2.45) is 46.2 Å². The maximum absolute atomic E-state index is 11.7. The number of carbonyl (C=O) groups is 1. The van der Waals surface area contributed by atoms with Crippen LogP contribution >= 0.6 is 0 Å². The summed E-state index contributed by atoms with van der Waals surface area (Å²) in [4.78, 5) is 11.7. The molecule has 4 aliphatic carbocycles. The second-order valence-electron chi connectivity index (χ2n) is 10.9. The van der Waals surface area contributed by atoms with Gasteiger partial charge < -0.3 is 16.2 Å². The van der Waals surface area contributed by atoms with Crippen molar-refractivity contribution >= 4 is 5.91 Å². The van der Waals surface area contributed by atoms with Gasteiger partial charge in [-0.15, -0.1) is 0 Å². The van der Waals surface area contributed by atoms with Crippen LogP contribution in [0.1, 0.15) is 78.6 Å². The topological polar surface area (TPSA) is 75.3 Å². The molecule has 4 aliphatic rings. The lowest BCUT2D eigenvalue weighted by molar-refractivity contribution is -0.128. The van der Waals surface area contributed by atoms with Gasteiger partial charge >= 0.3 is 0 Å². The summed E-state index contributed by atoms with van der Waals surface area (Å²) in [5.41, 5.74) is 6.29. The normalized spacial score (nSPS) is 50.3. The molecule has 4 saturated carbocycles. The molecule has 0 aromatic heterocycles. The number of aliphatic hydroxyl groups is 1. The second-order valence-corrected chi connectivity index (χ2v) is 10.9. The second kappa shape index (κ2) is 7.02. The van der Waals surface area contributed by atoms with E-state index in [1.165, 1.54) is 44.9 Å². The molecule has 0 radical (unpaired) electrons. The average molecular weight is 377 g/mol. The van der Waals surface area contributed by atoms with Gasteiger partial charge in [-0.05, 0) is 105 Å². The van der Waals surface area contributed by atoms with Gasteiger partial charge in [0.1, 0.15) is 0 Å². The Kier molecular flexibility index (Phi) is 5.12. The molecule has 4 heteroatoms. The van der Waals surface area contributed by atoms with Gasteiger partial charge in [0.05, 0.1) is 12.6 Å². The van der Waals surface area contributed by atoms with E-state index in [-0.39, 0.29) is 18.6 Å². The zero-order valence-electron chi connectivity index (χ0n) is 17.5. The highest BCUT2D eigenvalue weighted by Crippen LogP contribution is 2.67. The Morgan fingerprint density at radius 1 is 1.07 bits per heavy atom. The molecule has 0 aromatic rings. The maximum atomic E-state index is 11.7. The molecule has 0 aromatic carbocycles. The third-order valence-electron chi connectivity index (χ3n) is 9.87. The van der Waals surface area contributed by atoms with Crippen molar-refractivity contribution in [3.05, 3.63) is 0 Å². The van der Waals surface area contributed by atoms with Crippen molar-refractivity contribution in [1.29, 1.82) is 0 Å². The third-order valence-corrected chi connectivity index (χ3v) is 9.87. The number of hydrogen-bond acceptors (Lipinski definition) is 3. The minimum absolute atomic E-state index is 0.000780. The summed E-state index contributed by atoms with van der Waals surface area (Å²) < 4.78 is 0. The lowest BCUT2D eigenvalue weighted by Crippen LogP contribution is -2.56. The number of nitrogens with two attached hydrogens (primary N) is 1. The Morgan fingerprint density at radius 2 is 1.78 bits per heavy atom. The molecule has 4 fully saturated rings. The quantitative estimate of drug-likeness (QED) is 0.706. The number of nitrogens with one attached hydrogen (secondary N) is 1. The van der Waals surface area contributed by atoms with E-state index >= 15 is 0 Å². The van der Waals surface area contributed by atoms with E-state index in [0.29, 0.717) is 22.8 Å². The van der Waals surface area contributed by atoms with Crippen LogP contribution in [0, 0.1) is 40.4 Å². The predicted octanol–water partition coefficient (Wildman–Crippen LogP) is 3.47. The van der Waals surface area contributed by atoms with Gasteiger partial charge in [-0.2, -0.15) is 0 Å². The fourth-order valence-corrected chi connectivity index (χ4v) is 8.51. The summed E-state index contributed by atoms with van der Waals surface area (Å²) in [7, 11) is 0. The van der Waals surface area contributed by atoms with Crippen molar-refractivity contribution in [2.75, 3.05) is 6.54 Å². The van der Waals surface area contributed by atoms with E-state index in [9.17, 15) is 9.90 Å². The van der Waals surface area contributed by atoms with Gasteiger partial charge in [0, 0.05) is 6.04 Å². The average Bonchev–Trinajstić information content (AvgIpc) is 2.99. The van der Waals surface area contributed by atoms with Crippen LogP contribution in [0.4, 0.5) is 0 Å². The largest absolute Gasteiger partial charge is 0.393 e. The first-order chi connectivity index (χ1) is 12.8. The van der Waals surface area contributed by atoms with Crippen LogP contribution in [-0.2, 0) is 4.79 Å². The first kappa shape index (κ1) is 19.7. The minimum Gasteiger partial charge on any atom is -0.393 e. The molecule has 0 aliphatic heterocycles. The molecule has 1 amide bonds. The Hall–Kier alpha value is -0.610. The number of fused-ring (bicyclic) bond motifs is 5. The molecule has 2 unspecified atom stereocenters. The molecule has 0 spiro atoms. The van der Waals surface area contributed by atoms with Gasteiger partial charge in [0.25, 0.3) is 0 Å². The molecular formula is C23H40N2O2. The molecule has 154 valence electrons. The summed E-state index contributed by atoms with van der Waals surface area (Å²) >= 11 is 0. The Bertz CT molecular complexity index is 579. The van der Waals surface area contributed by atoms with Crippen molar-refractivity contribution in [2.45, 2.75) is 90.7 Å².